The van der Waals surface area contributed by atoms with E-state index in [-0.39, 0.29) is 5.91 Å². The molecule has 0 saturated carbocycles. The number of anilines is 1. The summed E-state index contributed by atoms with van der Waals surface area (Å²) < 4.78 is 5.23. The second-order valence-corrected chi connectivity index (χ2v) is 6.98. The van der Waals surface area contributed by atoms with Gasteiger partial charge < -0.3 is 9.42 Å². The molecule has 0 N–H and O–H groups in total. The van der Waals surface area contributed by atoms with E-state index in [1.54, 1.807) is 23.2 Å². The molecule has 0 unspecified atom stereocenters. The van der Waals surface area contributed by atoms with E-state index in [9.17, 15) is 4.79 Å². The van der Waals surface area contributed by atoms with Crippen LogP contribution in [-0.4, -0.2) is 22.6 Å². The number of benzene rings is 1. The number of fused-ring (bicyclic) bond motifs is 1. The summed E-state index contributed by atoms with van der Waals surface area (Å²) in [5.74, 6) is 0.798. The number of nitrogens with zero attached hydrogens (tertiary/aromatic N) is 3. The van der Waals surface area contributed by atoms with Gasteiger partial charge in [-0.15, -0.1) is 0 Å². The van der Waals surface area contributed by atoms with Gasteiger partial charge >= 0.3 is 0 Å². The van der Waals surface area contributed by atoms with Crippen molar-refractivity contribution in [2.75, 3.05) is 11.4 Å². The van der Waals surface area contributed by atoms with Gasteiger partial charge in [0.2, 0.25) is 0 Å². The van der Waals surface area contributed by atoms with Crippen molar-refractivity contribution in [3.63, 3.8) is 0 Å². The van der Waals surface area contributed by atoms with E-state index in [0.29, 0.717) is 23.6 Å². The molecule has 1 aliphatic rings. The highest BCUT2D eigenvalue weighted by atomic mass is 35.5. The van der Waals surface area contributed by atoms with Gasteiger partial charge in [-0.3, -0.25) is 9.78 Å². The largest absolute Gasteiger partial charge is 0.361 e. The van der Waals surface area contributed by atoms with Crippen LogP contribution in [0.25, 0.3) is 0 Å². The number of rotatable bonds is 3. The molecule has 3 heterocycles. The molecule has 5 nitrogen and oxygen atoms in total. The molecule has 132 valence electrons. The molecule has 0 aliphatic carbocycles. The highest BCUT2D eigenvalue weighted by Crippen LogP contribution is 2.27. The molecule has 26 heavy (non-hydrogen) atoms. The zero-order valence-corrected chi connectivity index (χ0v) is 15.4. The Balaban J connectivity index is 1.63. The van der Waals surface area contributed by atoms with Crippen molar-refractivity contribution in [3.05, 3.63) is 75.4 Å². The third-order valence-corrected chi connectivity index (χ3v) is 5.04. The summed E-state index contributed by atoms with van der Waals surface area (Å²) in [7, 11) is 0. The van der Waals surface area contributed by atoms with E-state index < -0.39 is 0 Å². The van der Waals surface area contributed by atoms with Gasteiger partial charge in [0.15, 0.2) is 0 Å². The van der Waals surface area contributed by atoms with Gasteiger partial charge in [-0.1, -0.05) is 16.8 Å². The summed E-state index contributed by atoms with van der Waals surface area (Å²) in [5, 5.41) is 4.66. The first-order valence-corrected chi connectivity index (χ1v) is 8.86. The van der Waals surface area contributed by atoms with Crippen LogP contribution in [0.3, 0.4) is 0 Å². The van der Waals surface area contributed by atoms with Crippen molar-refractivity contribution in [3.8, 4) is 0 Å². The Morgan fingerprint density at radius 3 is 2.85 bits per heavy atom. The molecule has 2 aromatic heterocycles. The van der Waals surface area contributed by atoms with E-state index in [1.807, 2.05) is 32.2 Å². The second-order valence-electron chi connectivity index (χ2n) is 6.54. The molecule has 3 aromatic rings. The van der Waals surface area contributed by atoms with Gasteiger partial charge in [0.05, 0.1) is 17.6 Å². The summed E-state index contributed by atoms with van der Waals surface area (Å²) in [4.78, 5) is 19.0. The number of carbonyl (C=O) groups excluding carboxylic acids is 1. The van der Waals surface area contributed by atoms with Crippen molar-refractivity contribution >= 4 is 23.2 Å². The highest BCUT2D eigenvalue weighted by Gasteiger charge is 2.26. The van der Waals surface area contributed by atoms with Gasteiger partial charge in [0.1, 0.15) is 5.76 Å². The van der Waals surface area contributed by atoms with E-state index >= 15 is 0 Å². The summed E-state index contributed by atoms with van der Waals surface area (Å²) in [6.45, 7) is 4.45. The number of hydrogen-bond donors (Lipinski definition) is 0. The molecule has 1 aromatic carbocycles. The first-order valence-electron chi connectivity index (χ1n) is 8.49. The maximum Gasteiger partial charge on any atom is 0.258 e. The fourth-order valence-corrected chi connectivity index (χ4v) is 3.57. The number of aromatic nitrogens is 2. The normalized spacial score (nSPS) is 13.8. The van der Waals surface area contributed by atoms with Crippen LogP contribution in [0.5, 0.6) is 0 Å². The minimum absolute atomic E-state index is 0.0146. The monoisotopic (exact) mass is 367 g/mol. The minimum atomic E-state index is -0.0146. The topological polar surface area (TPSA) is 59.2 Å². The van der Waals surface area contributed by atoms with Gasteiger partial charge in [-0.2, -0.15) is 0 Å². The average Bonchev–Trinajstić information content (AvgIpc) is 2.94. The third-order valence-electron chi connectivity index (χ3n) is 4.80. The lowest BCUT2D eigenvalue weighted by atomic mass is 9.98. The van der Waals surface area contributed by atoms with Gasteiger partial charge in [-0.05, 0) is 55.7 Å². The summed E-state index contributed by atoms with van der Waals surface area (Å²) >= 11 is 6.04. The van der Waals surface area contributed by atoms with Crippen LogP contribution < -0.4 is 4.90 Å². The van der Waals surface area contributed by atoms with Crippen molar-refractivity contribution in [2.24, 2.45) is 0 Å². The Morgan fingerprint density at radius 2 is 2.08 bits per heavy atom. The van der Waals surface area contributed by atoms with E-state index in [2.05, 4.69) is 10.1 Å². The lowest BCUT2D eigenvalue weighted by molar-refractivity contribution is 0.0980. The van der Waals surface area contributed by atoms with Crippen LogP contribution in [-0.2, 0) is 12.8 Å². The fourth-order valence-electron chi connectivity index (χ4n) is 3.38. The molecule has 0 atom stereocenters. The Morgan fingerprint density at radius 1 is 1.23 bits per heavy atom. The number of halogens is 1. The SMILES string of the molecule is Cc1noc(C)c1Cc1cncc(N2CCc3cc(Cl)ccc3C2=O)c1. The quantitative estimate of drug-likeness (QED) is 0.698. The van der Waals surface area contributed by atoms with Crippen LogP contribution in [0.1, 0.15) is 38.5 Å². The predicted molar refractivity (Wildman–Crippen MR) is 99.9 cm³/mol. The van der Waals surface area contributed by atoms with Crippen LogP contribution in [0.15, 0.2) is 41.2 Å². The molecule has 0 spiro atoms. The summed E-state index contributed by atoms with van der Waals surface area (Å²) in [6.07, 6.45) is 5.00. The smallest absolute Gasteiger partial charge is 0.258 e. The molecule has 0 radical (unpaired) electrons. The van der Waals surface area contributed by atoms with E-state index in [0.717, 1.165) is 40.3 Å². The molecule has 1 amide bonds. The fraction of sp³-hybridized carbons (Fsp3) is 0.250. The minimum Gasteiger partial charge on any atom is -0.361 e. The molecule has 0 fully saturated rings. The summed E-state index contributed by atoms with van der Waals surface area (Å²) in [6, 6.07) is 7.44. The third kappa shape index (κ3) is 2.99. The lowest BCUT2D eigenvalue weighted by Crippen LogP contribution is -2.37. The second kappa shape index (κ2) is 6.57. The number of aryl methyl sites for hydroxylation is 2. The molecule has 0 saturated heterocycles. The van der Waals surface area contributed by atoms with Crippen LogP contribution in [0, 0.1) is 13.8 Å². The Hall–Kier alpha value is -2.66. The van der Waals surface area contributed by atoms with Crippen LogP contribution >= 0.6 is 11.6 Å². The summed E-state index contributed by atoms with van der Waals surface area (Å²) in [5.41, 5.74) is 5.48. The molecule has 4 rings (SSSR count). The number of amides is 1. The predicted octanol–water partition coefficient (Wildman–Crippen LogP) is 4.13. The van der Waals surface area contributed by atoms with Crippen molar-refractivity contribution < 1.29 is 9.32 Å². The lowest BCUT2D eigenvalue weighted by Gasteiger charge is -2.28. The Labute approximate surface area is 156 Å². The number of pyridine rings is 1. The van der Waals surface area contributed by atoms with Crippen LogP contribution in [0.4, 0.5) is 5.69 Å². The zero-order valence-electron chi connectivity index (χ0n) is 14.6. The van der Waals surface area contributed by atoms with Crippen molar-refractivity contribution in [2.45, 2.75) is 26.7 Å². The van der Waals surface area contributed by atoms with Gasteiger partial charge in [-0.25, -0.2) is 0 Å². The maximum atomic E-state index is 12.9. The molecule has 0 bridgehead atoms. The molecule has 1 aliphatic heterocycles. The maximum absolute atomic E-state index is 12.9. The number of hydrogen-bond acceptors (Lipinski definition) is 4. The molecular formula is C20H18ClN3O2. The first-order chi connectivity index (χ1) is 12.5. The Bertz CT molecular complexity index is 977. The van der Waals surface area contributed by atoms with E-state index in [4.69, 9.17) is 16.1 Å². The molecular weight excluding hydrogens is 350 g/mol. The Kier molecular flexibility index (Phi) is 4.24. The van der Waals surface area contributed by atoms with Gasteiger partial charge in [0.25, 0.3) is 5.91 Å². The van der Waals surface area contributed by atoms with Gasteiger partial charge in [0, 0.05) is 35.3 Å². The van der Waals surface area contributed by atoms with Crippen LogP contribution in [0.2, 0.25) is 5.02 Å². The van der Waals surface area contributed by atoms with E-state index in [1.165, 1.54) is 0 Å². The highest BCUT2D eigenvalue weighted by molar-refractivity contribution is 6.30. The zero-order chi connectivity index (χ0) is 18.3. The van der Waals surface area contributed by atoms with Crippen molar-refractivity contribution in [1.29, 1.82) is 0 Å². The average molecular weight is 368 g/mol. The molecule has 6 heteroatoms. The van der Waals surface area contributed by atoms with Crippen molar-refractivity contribution in [1.82, 2.24) is 10.1 Å². The standard InChI is InChI=1S/C20H18ClN3O2/c1-12-19(13(2)26-23-12)8-14-7-17(11-22-10-14)24-6-5-15-9-16(21)3-4-18(15)20(24)25/h3-4,7,9-11H,5-6,8H2,1-2H3. The first kappa shape index (κ1) is 16.8. The number of carbonyl (C=O) groups is 1.